The Labute approximate surface area is 126 Å². The normalized spacial score (nSPS) is 11.4. The SMILES string of the molecule is CC(C)(C)c1cc(NC(=O)c2ccc(N)c(Br)c2)n[nH]1. The predicted molar refractivity (Wildman–Crippen MR) is 83.8 cm³/mol. The van der Waals surface area contributed by atoms with Crippen LogP contribution >= 0.6 is 15.9 Å². The molecule has 1 aromatic carbocycles. The van der Waals surface area contributed by atoms with E-state index in [9.17, 15) is 4.79 Å². The maximum atomic E-state index is 12.1. The molecular weight excluding hydrogens is 320 g/mol. The number of carbonyl (C=O) groups excluding carboxylic acids is 1. The first kappa shape index (κ1) is 14.6. The van der Waals surface area contributed by atoms with Crippen LogP contribution in [0.3, 0.4) is 0 Å². The van der Waals surface area contributed by atoms with E-state index in [2.05, 4.69) is 52.2 Å². The number of nitrogens with one attached hydrogen (secondary N) is 2. The smallest absolute Gasteiger partial charge is 0.256 e. The van der Waals surface area contributed by atoms with Gasteiger partial charge in [0.2, 0.25) is 0 Å². The van der Waals surface area contributed by atoms with E-state index in [4.69, 9.17) is 5.73 Å². The molecule has 0 spiro atoms. The number of aromatic amines is 1. The molecule has 0 bridgehead atoms. The number of anilines is 2. The number of rotatable bonds is 2. The molecule has 4 N–H and O–H groups in total. The number of halogens is 1. The van der Waals surface area contributed by atoms with Crippen LogP contribution < -0.4 is 11.1 Å². The van der Waals surface area contributed by atoms with Gasteiger partial charge in [-0.15, -0.1) is 0 Å². The molecule has 0 aliphatic heterocycles. The van der Waals surface area contributed by atoms with Crippen molar-refractivity contribution in [3.8, 4) is 0 Å². The van der Waals surface area contributed by atoms with Crippen molar-refractivity contribution in [1.29, 1.82) is 0 Å². The van der Waals surface area contributed by atoms with Gasteiger partial charge in [-0.2, -0.15) is 5.10 Å². The van der Waals surface area contributed by atoms with Crippen molar-refractivity contribution in [1.82, 2.24) is 10.2 Å². The first-order valence-corrected chi connectivity index (χ1v) is 6.99. The van der Waals surface area contributed by atoms with Gasteiger partial charge in [-0.1, -0.05) is 20.8 Å². The Hall–Kier alpha value is -1.82. The number of amides is 1. The van der Waals surface area contributed by atoms with E-state index in [1.54, 1.807) is 18.2 Å². The molecule has 0 fully saturated rings. The molecule has 0 saturated carbocycles. The van der Waals surface area contributed by atoms with Gasteiger partial charge in [0.25, 0.3) is 5.91 Å². The first-order valence-electron chi connectivity index (χ1n) is 6.19. The van der Waals surface area contributed by atoms with E-state index in [1.807, 2.05) is 6.07 Å². The van der Waals surface area contributed by atoms with Crippen LogP contribution in [0.2, 0.25) is 0 Å². The quantitative estimate of drug-likeness (QED) is 0.735. The number of hydrogen-bond acceptors (Lipinski definition) is 3. The van der Waals surface area contributed by atoms with E-state index >= 15 is 0 Å². The molecule has 5 nitrogen and oxygen atoms in total. The van der Waals surface area contributed by atoms with Crippen molar-refractivity contribution in [3.05, 3.63) is 40.0 Å². The number of nitrogen functional groups attached to an aromatic ring is 1. The summed E-state index contributed by atoms with van der Waals surface area (Å²) < 4.78 is 0.697. The largest absolute Gasteiger partial charge is 0.398 e. The summed E-state index contributed by atoms with van der Waals surface area (Å²) in [6, 6.07) is 6.88. The minimum atomic E-state index is -0.224. The standard InChI is InChI=1S/C14H17BrN4O/c1-14(2,3)11-7-12(19-18-11)17-13(20)8-4-5-10(16)9(15)6-8/h4-7H,16H2,1-3H3,(H2,17,18,19,20). The molecule has 0 aliphatic carbocycles. The van der Waals surface area contributed by atoms with Gasteiger partial charge in [-0.05, 0) is 34.1 Å². The number of aromatic nitrogens is 2. The fourth-order valence-corrected chi connectivity index (χ4v) is 2.01. The maximum Gasteiger partial charge on any atom is 0.256 e. The van der Waals surface area contributed by atoms with Crippen molar-refractivity contribution in [2.75, 3.05) is 11.1 Å². The van der Waals surface area contributed by atoms with Gasteiger partial charge in [0.1, 0.15) is 0 Å². The second kappa shape index (κ2) is 5.28. The predicted octanol–water partition coefficient (Wildman–Crippen LogP) is 3.30. The number of nitrogens with zero attached hydrogens (tertiary/aromatic N) is 1. The van der Waals surface area contributed by atoms with Crippen LogP contribution in [0.25, 0.3) is 0 Å². The summed E-state index contributed by atoms with van der Waals surface area (Å²) >= 11 is 3.30. The lowest BCUT2D eigenvalue weighted by Crippen LogP contribution is -2.12. The molecule has 0 saturated heterocycles. The highest BCUT2D eigenvalue weighted by atomic mass is 79.9. The van der Waals surface area contributed by atoms with Crippen LogP contribution in [0.1, 0.15) is 36.8 Å². The summed E-state index contributed by atoms with van der Waals surface area (Å²) in [7, 11) is 0. The van der Waals surface area contributed by atoms with Crippen LogP contribution in [-0.2, 0) is 5.41 Å². The summed E-state index contributed by atoms with van der Waals surface area (Å²) in [5, 5.41) is 9.78. The molecule has 2 rings (SSSR count). The highest BCUT2D eigenvalue weighted by molar-refractivity contribution is 9.10. The van der Waals surface area contributed by atoms with Gasteiger partial charge in [0.15, 0.2) is 5.82 Å². The molecule has 106 valence electrons. The second-order valence-corrected chi connectivity index (χ2v) is 6.46. The van der Waals surface area contributed by atoms with E-state index in [0.717, 1.165) is 5.69 Å². The highest BCUT2D eigenvalue weighted by Gasteiger charge is 2.17. The third kappa shape index (κ3) is 3.19. The second-order valence-electron chi connectivity index (χ2n) is 5.61. The molecule has 1 heterocycles. The van der Waals surface area contributed by atoms with Crippen LogP contribution in [0.5, 0.6) is 0 Å². The van der Waals surface area contributed by atoms with Crippen LogP contribution in [-0.4, -0.2) is 16.1 Å². The molecule has 20 heavy (non-hydrogen) atoms. The minimum Gasteiger partial charge on any atom is -0.398 e. The lowest BCUT2D eigenvalue weighted by atomic mass is 9.92. The molecule has 6 heteroatoms. The summed E-state index contributed by atoms with van der Waals surface area (Å²) in [5.74, 6) is 0.283. The topological polar surface area (TPSA) is 83.8 Å². The molecule has 1 amide bonds. The zero-order valence-electron chi connectivity index (χ0n) is 11.6. The average Bonchev–Trinajstić information content (AvgIpc) is 2.81. The van der Waals surface area contributed by atoms with Crippen molar-refractivity contribution in [2.24, 2.45) is 0 Å². The fraction of sp³-hybridized carbons (Fsp3) is 0.286. The zero-order chi connectivity index (χ0) is 14.9. The van der Waals surface area contributed by atoms with Crippen molar-refractivity contribution < 1.29 is 4.79 Å². The Balaban J connectivity index is 2.15. The van der Waals surface area contributed by atoms with Crippen LogP contribution in [0.4, 0.5) is 11.5 Å². The number of benzene rings is 1. The third-order valence-electron chi connectivity index (χ3n) is 2.89. The van der Waals surface area contributed by atoms with Gasteiger partial charge in [-0.3, -0.25) is 9.89 Å². The Kier molecular flexibility index (Phi) is 3.85. The number of H-pyrrole nitrogens is 1. The van der Waals surface area contributed by atoms with Crippen molar-refractivity contribution >= 4 is 33.3 Å². The summed E-state index contributed by atoms with van der Waals surface area (Å²) in [6.07, 6.45) is 0. The first-order chi connectivity index (χ1) is 9.27. The number of carbonyl (C=O) groups is 1. The number of hydrogen-bond donors (Lipinski definition) is 3. The minimum absolute atomic E-state index is 0.0415. The van der Waals surface area contributed by atoms with Gasteiger partial charge >= 0.3 is 0 Å². The summed E-state index contributed by atoms with van der Waals surface area (Å²) in [4.78, 5) is 12.1. The fourth-order valence-electron chi connectivity index (χ4n) is 1.63. The average molecular weight is 337 g/mol. The molecule has 0 unspecified atom stereocenters. The van der Waals surface area contributed by atoms with Crippen molar-refractivity contribution in [3.63, 3.8) is 0 Å². The Morgan fingerprint density at radius 2 is 2.05 bits per heavy atom. The van der Waals surface area contributed by atoms with Crippen LogP contribution in [0, 0.1) is 0 Å². The molecule has 2 aromatic rings. The van der Waals surface area contributed by atoms with Gasteiger partial charge in [0, 0.05) is 32.9 Å². The molecule has 0 atom stereocenters. The molecule has 0 aliphatic rings. The van der Waals surface area contributed by atoms with Gasteiger partial charge < -0.3 is 11.1 Å². The van der Waals surface area contributed by atoms with Crippen LogP contribution in [0.15, 0.2) is 28.7 Å². The molecule has 1 aromatic heterocycles. The maximum absolute atomic E-state index is 12.1. The Morgan fingerprint density at radius 3 is 2.60 bits per heavy atom. The summed E-state index contributed by atoms with van der Waals surface area (Å²) in [5.41, 5.74) is 7.73. The zero-order valence-corrected chi connectivity index (χ0v) is 13.2. The number of nitrogens with two attached hydrogens (primary N) is 1. The molecular formula is C14H17BrN4O. The van der Waals surface area contributed by atoms with Gasteiger partial charge in [-0.25, -0.2) is 0 Å². The van der Waals surface area contributed by atoms with Gasteiger partial charge in [0.05, 0.1) is 0 Å². The monoisotopic (exact) mass is 336 g/mol. The van der Waals surface area contributed by atoms with E-state index in [1.165, 1.54) is 0 Å². The van der Waals surface area contributed by atoms with E-state index in [-0.39, 0.29) is 11.3 Å². The lowest BCUT2D eigenvalue weighted by molar-refractivity contribution is 0.102. The van der Waals surface area contributed by atoms with E-state index in [0.29, 0.717) is 21.5 Å². The highest BCUT2D eigenvalue weighted by Crippen LogP contribution is 2.23. The summed E-state index contributed by atoms with van der Waals surface area (Å²) in [6.45, 7) is 6.22. The van der Waals surface area contributed by atoms with E-state index < -0.39 is 0 Å². The Morgan fingerprint density at radius 1 is 1.35 bits per heavy atom. The van der Waals surface area contributed by atoms with Crippen molar-refractivity contribution in [2.45, 2.75) is 26.2 Å². The third-order valence-corrected chi connectivity index (χ3v) is 3.58. The Bertz CT molecular complexity index is 643. The lowest BCUT2D eigenvalue weighted by Gasteiger charge is -2.14. The molecule has 0 radical (unpaired) electrons.